The maximum absolute atomic E-state index is 6.19. The molecule has 0 saturated heterocycles. The largest absolute Gasteiger partial charge is 0.293 e. The minimum atomic E-state index is 0.557. The number of hydrogen-bond donors (Lipinski definition) is 0. The first-order chi connectivity index (χ1) is 9.70. The van der Waals surface area contributed by atoms with Gasteiger partial charge in [-0.3, -0.25) is 4.99 Å². The SMILES string of the molecule is CN=C1CCC(c2ccc(Cl)c(Cl)c2)C2CCCC=C12. The van der Waals surface area contributed by atoms with E-state index in [2.05, 4.69) is 23.2 Å². The van der Waals surface area contributed by atoms with E-state index in [4.69, 9.17) is 23.2 Å². The van der Waals surface area contributed by atoms with E-state index < -0.39 is 0 Å². The van der Waals surface area contributed by atoms with Gasteiger partial charge in [-0.25, -0.2) is 0 Å². The lowest BCUT2D eigenvalue weighted by Gasteiger charge is -2.37. The van der Waals surface area contributed by atoms with Crippen LogP contribution in [0.3, 0.4) is 0 Å². The summed E-state index contributed by atoms with van der Waals surface area (Å²) in [6.45, 7) is 0. The molecule has 3 rings (SSSR count). The van der Waals surface area contributed by atoms with E-state index in [0.717, 1.165) is 12.8 Å². The Morgan fingerprint density at radius 1 is 1.10 bits per heavy atom. The van der Waals surface area contributed by atoms with Gasteiger partial charge in [-0.2, -0.15) is 0 Å². The Morgan fingerprint density at radius 2 is 1.95 bits per heavy atom. The average molecular weight is 308 g/mol. The fourth-order valence-electron chi connectivity index (χ4n) is 3.67. The van der Waals surface area contributed by atoms with Crippen molar-refractivity contribution in [1.29, 1.82) is 0 Å². The summed E-state index contributed by atoms with van der Waals surface area (Å²) in [6.07, 6.45) is 8.37. The normalized spacial score (nSPS) is 28.1. The Hall–Kier alpha value is -0.790. The van der Waals surface area contributed by atoms with Crippen LogP contribution in [0.1, 0.15) is 43.6 Å². The van der Waals surface area contributed by atoms with E-state index in [-0.39, 0.29) is 0 Å². The molecule has 0 radical (unpaired) electrons. The van der Waals surface area contributed by atoms with Crippen molar-refractivity contribution in [2.75, 3.05) is 7.05 Å². The maximum Gasteiger partial charge on any atom is 0.0595 e. The Morgan fingerprint density at radius 3 is 2.70 bits per heavy atom. The molecule has 0 spiro atoms. The van der Waals surface area contributed by atoms with E-state index in [1.165, 1.54) is 36.1 Å². The molecule has 2 atom stereocenters. The van der Waals surface area contributed by atoms with Crippen LogP contribution in [0.5, 0.6) is 0 Å². The van der Waals surface area contributed by atoms with Crippen molar-refractivity contribution in [3.05, 3.63) is 45.5 Å². The molecule has 1 saturated carbocycles. The summed E-state index contributed by atoms with van der Waals surface area (Å²) in [5.74, 6) is 1.16. The molecule has 0 N–H and O–H groups in total. The number of benzene rings is 1. The highest BCUT2D eigenvalue weighted by Crippen LogP contribution is 2.45. The number of halogens is 2. The third-order valence-corrected chi connectivity index (χ3v) is 5.37. The molecule has 0 aromatic heterocycles. The number of fused-ring (bicyclic) bond motifs is 1. The van der Waals surface area contributed by atoms with Crippen LogP contribution in [0, 0.1) is 5.92 Å². The molecule has 106 valence electrons. The van der Waals surface area contributed by atoms with Crippen LogP contribution in [-0.4, -0.2) is 12.8 Å². The molecular weight excluding hydrogens is 289 g/mol. The fraction of sp³-hybridized carbons (Fsp3) is 0.471. The molecule has 2 unspecified atom stereocenters. The van der Waals surface area contributed by atoms with E-state index >= 15 is 0 Å². The summed E-state index contributed by atoms with van der Waals surface area (Å²) in [7, 11) is 1.92. The van der Waals surface area contributed by atoms with Crippen molar-refractivity contribution in [1.82, 2.24) is 0 Å². The fourth-order valence-corrected chi connectivity index (χ4v) is 3.98. The summed E-state index contributed by atoms with van der Waals surface area (Å²) < 4.78 is 0. The minimum Gasteiger partial charge on any atom is -0.293 e. The molecule has 20 heavy (non-hydrogen) atoms. The Kier molecular flexibility index (Phi) is 4.18. The van der Waals surface area contributed by atoms with E-state index in [1.807, 2.05) is 13.1 Å². The van der Waals surface area contributed by atoms with E-state index in [1.54, 1.807) is 0 Å². The maximum atomic E-state index is 6.19. The average Bonchev–Trinajstić information content (AvgIpc) is 2.49. The number of aliphatic imine (C=N–C) groups is 1. The van der Waals surface area contributed by atoms with Gasteiger partial charge in [0.2, 0.25) is 0 Å². The van der Waals surface area contributed by atoms with Crippen LogP contribution < -0.4 is 0 Å². The first kappa shape index (κ1) is 14.2. The minimum absolute atomic E-state index is 0.557. The predicted octanol–water partition coefficient (Wildman–Crippen LogP) is 5.67. The van der Waals surface area contributed by atoms with Crippen molar-refractivity contribution in [2.24, 2.45) is 10.9 Å². The summed E-state index contributed by atoms with van der Waals surface area (Å²) in [4.78, 5) is 4.49. The second-order valence-electron chi connectivity index (χ2n) is 5.69. The van der Waals surface area contributed by atoms with Gasteiger partial charge in [0.25, 0.3) is 0 Å². The second-order valence-corrected chi connectivity index (χ2v) is 6.50. The van der Waals surface area contributed by atoms with E-state index in [9.17, 15) is 0 Å². The third kappa shape index (κ3) is 2.54. The second kappa shape index (κ2) is 5.91. The molecule has 1 aromatic carbocycles. The molecule has 1 aromatic rings. The zero-order chi connectivity index (χ0) is 14.1. The first-order valence-electron chi connectivity index (χ1n) is 7.31. The van der Waals surface area contributed by atoms with Crippen molar-refractivity contribution >= 4 is 28.9 Å². The molecule has 0 amide bonds. The van der Waals surface area contributed by atoms with Gasteiger partial charge in [0, 0.05) is 12.8 Å². The topological polar surface area (TPSA) is 12.4 Å². The Labute approximate surface area is 130 Å². The summed E-state index contributed by atoms with van der Waals surface area (Å²) in [5, 5.41) is 1.31. The van der Waals surface area contributed by atoms with Gasteiger partial charge < -0.3 is 0 Å². The molecule has 0 bridgehead atoms. The van der Waals surface area contributed by atoms with Gasteiger partial charge in [-0.1, -0.05) is 35.3 Å². The first-order valence-corrected chi connectivity index (χ1v) is 8.07. The molecule has 0 aliphatic heterocycles. The lowest BCUT2D eigenvalue weighted by Crippen LogP contribution is -2.28. The summed E-state index contributed by atoms with van der Waals surface area (Å²) in [6, 6.07) is 6.11. The highest BCUT2D eigenvalue weighted by molar-refractivity contribution is 6.42. The zero-order valence-electron chi connectivity index (χ0n) is 11.7. The Balaban J connectivity index is 1.96. The molecule has 1 nitrogen and oxygen atoms in total. The quantitative estimate of drug-likeness (QED) is 0.634. The van der Waals surface area contributed by atoms with Crippen molar-refractivity contribution in [2.45, 2.75) is 38.0 Å². The smallest absolute Gasteiger partial charge is 0.0595 e. The number of nitrogens with zero attached hydrogens (tertiary/aromatic N) is 1. The molecule has 3 heteroatoms. The monoisotopic (exact) mass is 307 g/mol. The van der Waals surface area contributed by atoms with Crippen LogP contribution in [0.15, 0.2) is 34.8 Å². The van der Waals surface area contributed by atoms with Crippen molar-refractivity contribution < 1.29 is 0 Å². The molecule has 2 aliphatic carbocycles. The standard InChI is InChI=1S/C17H19Cl2N/c1-20-17-9-7-12(13-4-2-3-5-14(13)17)11-6-8-15(18)16(19)10-11/h5-6,8,10,12-13H,2-4,7,9H2,1H3. The molecular formula is C17H19Cl2N. The van der Waals surface area contributed by atoms with Crippen LogP contribution in [0.25, 0.3) is 0 Å². The van der Waals surface area contributed by atoms with Crippen LogP contribution in [0.2, 0.25) is 10.0 Å². The van der Waals surface area contributed by atoms with Gasteiger partial charge in [-0.15, -0.1) is 0 Å². The lowest BCUT2D eigenvalue weighted by molar-refractivity contribution is 0.402. The number of allylic oxidation sites excluding steroid dienone is 2. The van der Waals surface area contributed by atoms with E-state index in [0.29, 0.717) is 21.9 Å². The third-order valence-electron chi connectivity index (χ3n) is 4.64. The number of rotatable bonds is 1. The van der Waals surface area contributed by atoms with Gasteiger partial charge in [0.1, 0.15) is 0 Å². The van der Waals surface area contributed by atoms with Gasteiger partial charge in [0.15, 0.2) is 0 Å². The predicted molar refractivity (Wildman–Crippen MR) is 87.2 cm³/mol. The summed E-state index contributed by atoms with van der Waals surface area (Å²) >= 11 is 12.2. The van der Waals surface area contributed by atoms with Gasteiger partial charge >= 0.3 is 0 Å². The van der Waals surface area contributed by atoms with Crippen molar-refractivity contribution in [3.63, 3.8) is 0 Å². The van der Waals surface area contributed by atoms with Gasteiger partial charge in [0.05, 0.1) is 10.0 Å². The molecule has 0 heterocycles. The Bertz CT molecular complexity index is 574. The van der Waals surface area contributed by atoms with Crippen LogP contribution >= 0.6 is 23.2 Å². The molecule has 2 aliphatic rings. The highest BCUT2D eigenvalue weighted by atomic mass is 35.5. The van der Waals surface area contributed by atoms with Crippen molar-refractivity contribution in [3.8, 4) is 0 Å². The zero-order valence-corrected chi connectivity index (χ0v) is 13.2. The summed E-state index contributed by atoms with van der Waals surface area (Å²) in [5.41, 5.74) is 4.12. The highest BCUT2D eigenvalue weighted by Gasteiger charge is 2.34. The van der Waals surface area contributed by atoms with Crippen LogP contribution in [-0.2, 0) is 0 Å². The van der Waals surface area contributed by atoms with Gasteiger partial charge in [-0.05, 0) is 67.2 Å². The van der Waals surface area contributed by atoms with Crippen LogP contribution in [0.4, 0.5) is 0 Å². The molecule has 1 fully saturated rings. The number of hydrogen-bond acceptors (Lipinski definition) is 1. The lowest BCUT2D eigenvalue weighted by atomic mass is 9.67.